The van der Waals surface area contributed by atoms with Crippen molar-refractivity contribution in [1.29, 1.82) is 0 Å². The zero-order valence-corrected chi connectivity index (χ0v) is 13.4. The minimum atomic E-state index is -1.22. The first-order valence-electron chi connectivity index (χ1n) is 8.44. The Morgan fingerprint density at radius 3 is 2.42 bits per heavy atom. The molecule has 2 unspecified atom stereocenters. The van der Waals surface area contributed by atoms with Crippen LogP contribution in [-0.4, -0.2) is 22.5 Å². The van der Waals surface area contributed by atoms with Crippen LogP contribution in [0, 0.1) is 17.6 Å². The summed E-state index contributed by atoms with van der Waals surface area (Å²) in [5.74, 6) is -4.08. The Kier molecular flexibility index (Phi) is 4.56. The topological polar surface area (TPSA) is 66.4 Å². The van der Waals surface area contributed by atoms with Crippen LogP contribution >= 0.6 is 0 Å². The summed E-state index contributed by atoms with van der Waals surface area (Å²) in [6.07, 6.45) is 4.71. The van der Waals surface area contributed by atoms with Gasteiger partial charge in [0.1, 0.15) is 5.54 Å². The summed E-state index contributed by atoms with van der Waals surface area (Å²) in [5, 5.41) is 12.3. The Morgan fingerprint density at radius 1 is 1.12 bits per heavy atom. The molecule has 0 saturated heterocycles. The van der Waals surface area contributed by atoms with Gasteiger partial charge < -0.3 is 10.4 Å². The molecule has 2 fully saturated rings. The molecule has 6 heteroatoms. The quantitative estimate of drug-likeness (QED) is 0.828. The van der Waals surface area contributed by atoms with Gasteiger partial charge in [-0.2, -0.15) is 0 Å². The van der Waals surface area contributed by atoms with Gasteiger partial charge in [0.15, 0.2) is 11.6 Å². The van der Waals surface area contributed by atoms with Gasteiger partial charge in [-0.3, -0.25) is 4.79 Å². The lowest BCUT2D eigenvalue weighted by atomic mass is 9.90. The van der Waals surface area contributed by atoms with Crippen LogP contribution in [0.2, 0.25) is 0 Å². The van der Waals surface area contributed by atoms with E-state index in [0.717, 1.165) is 31.7 Å². The van der Waals surface area contributed by atoms with Crippen LogP contribution in [-0.2, 0) is 9.59 Å². The smallest absolute Gasteiger partial charge is 0.329 e. The second kappa shape index (κ2) is 6.49. The highest BCUT2D eigenvalue weighted by atomic mass is 19.2. The molecule has 0 spiro atoms. The minimum Gasteiger partial charge on any atom is -0.480 e. The Bertz CT molecular complexity index is 654. The number of benzene rings is 1. The van der Waals surface area contributed by atoms with Crippen molar-refractivity contribution in [3.8, 4) is 0 Å². The summed E-state index contributed by atoms with van der Waals surface area (Å²) in [6.45, 7) is 0. The fourth-order valence-corrected chi connectivity index (χ4v) is 3.69. The molecule has 0 aromatic heterocycles. The molecule has 0 aliphatic heterocycles. The lowest BCUT2D eigenvalue weighted by Gasteiger charge is -2.29. The van der Waals surface area contributed by atoms with E-state index in [2.05, 4.69) is 5.32 Å². The lowest BCUT2D eigenvalue weighted by molar-refractivity contribution is -0.148. The molecule has 2 aliphatic rings. The van der Waals surface area contributed by atoms with E-state index < -0.39 is 29.1 Å². The van der Waals surface area contributed by atoms with Crippen LogP contribution in [0.15, 0.2) is 18.2 Å². The van der Waals surface area contributed by atoms with E-state index in [-0.39, 0.29) is 17.4 Å². The third-order valence-electron chi connectivity index (χ3n) is 5.24. The van der Waals surface area contributed by atoms with Gasteiger partial charge in [0.25, 0.3) is 0 Å². The molecule has 0 radical (unpaired) electrons. The molecule has 2 saturated carbocycles. The van der Waals surface area contributed by atoms with Crippen LogP contribution in [0.5, 0.6) is 0 Å². The number of hydrogen-bond acceptors (Lipinski definition) is 2. The molecule has 130 valence electrons. The molecule has 4 nitrogen and oxygen atoms in total. The second-order valence-electron chi connectivity index (χ2n) is 6.88. The van der Waals surface area contributed by atoms with Crippen LogP contribution in [0.25, 0.3) is 0 Å². The molecule has 24 heavy (non-hydrogen) atoms. The molecule has 1 amide bonds. The number of aliphatic carboxylic acids is 1. The maximum absolute atomic E-state index is 13.8. The van der Waals surface area contributed by atoms with E-state index in [9.17, 15) is 23.5 Å². The van der Waals surface area contributed by atoms with Crippen LogP contribution < -0.4 is 5.32 Å². The van der Waals surface area contributed by atoms with Crippen LogP contribution in [0.3, 0.4) is 0 Å². The highest BCUT2D eigenvalue weighted by molar-refractivity contribution is 5.90. The van der Waals surface area contributed by atoms with Gasteiger partial charge in [-0.25, -0.2) is 13.6 Å². The molecular weight excluding hydrogens is 316 g/mol. The van der Waals surface area contributed by atoms with E-state index in [1.54, 1.807) is 0 Å². The Hall–Kier alpha value is -1.98. The minimum absolute atomic E-state index is 0.195. The van der Waals surface area contributed by atoms with Crippen molar-refractivity contribution >= 4 is 11.9 Å². The summed E-state index contributed by atoms with van der Waals surface area (Å²) in [6, 6.07) is 3.95. The van der Waals surface area contributed by atoms with Crippen molar-refractivity contribution in [1.82, 2.24) is 5.32 Å². The van der Waals surface area contributed by atoms with Gasteiger partial charge in [0.2, 0.25) is 5.91 Å². The SMILES string of the molecule is O=C(NC1(C(=O)O)CCCCCC1)C1CC1c1cccc(F)c1F. The van der Waals surface area contributed by atoms with Gasteiger partial charge in [0.05, 0.1) is 0 Å². The number of carboxylic acids is 1. The van der Waals surface area contributed by atoms with E-state index >= 15 is 0 Å². The Morgan fingerprint density at radius 2 is 1.79 bits per heavy atom. The largest absolute Gasteiger partial charge is 0.480 e. The van der Waals surface area contributed by atoms with E-state index in [1.807, 2.05) is 0 Å². The first kappa shape index (κ1) is 16.9. The highest BCUT2D eigenvalue weighted by Crippen LogP contribution is 2.49. The number of nitrogens with one attached hydrogen (secondary N) is 1. The molecule has 2 atom stereocenters. The zero-order valence-electron chi connectivity index (χ0n) is 13.4. The van der Waals surface area contributed by atoms with E-state index in [4.69, 9.17) is 0 Å². The summed E-state index contributed by atoms with van der Waals surface area (Å²) < 4.78 is 27.2. The first-order chi connectivity index (χ1) is 11.4. The fraction of sp³-hybridized carbons (Fsp3) is 0.556. The number of hydrogen-bond donors (Lipinski definition) is 2. The number of halogens is 2. The summed E-state index contributed by atoms with van der Waals surface area (Å²) in [5.41, 5.74) is -1.03. The summed E-state index contributed by atoms with van der Waals surface area (Å²) in [7, 11) is 0. The molecule has 2 N–H and O–H groups in total. The van der Waals surface area contributed by atoms with Gasteiger partial charge in [-0.15, -0.1) is 0 Å². The maximum Gasteiger partial charge on any atom is 0.329 e. The molecule has 1 aromatic carbocycles. The molecule has 0 bridgehead atoms. The number of carbonyl (C=O) groups excluding carboxylic acids is 1. The van der Waals surface area contributed by atoms with Crippen molar-refractivity contribution in [3.05, 3.63) is 35.4 Å². The summed E-state index contributed by atoms with van der Waals surface area (Å²) in [4.78, 5) is 24.2. The molecular formula is C18H21F2NO3. The first-order valence-corrected chi connectivity index (χ1v) is 8.44. The average molecular weight is 337 g/mol. The predicted molar refractivity (Wildman–Crippen MR) is 83.4 cm³/mol. The van der Waals surface area contributed by atoms with E-state index in [0.29, 0.717) is 19.3 Å². The van der Waals surface area contributed by atoms with Crippen molar-refractivity contribution < 1.29 is 23.5 Å². The third-order valence-corrected chi connectivity index (χ3v) is 5.24. The average Bonchev–Trinajstić information content (AvgIpc) is 3.34. The number of rotatable bonds is 4. The predicted octanol–water partition coefficient (Wildman–Crippen LogP) is 3.36. The molecule has 3 rings (SSSR count). The van der Waals surface area contributed by atoms with E-state index in [1.165, 1.54) is 12.1 Å². The van der Waals surface area contributed by atoms with Gasteiger partial charge >= 0.3 is 5.97 Å². The summed E-state index contributed by atoms with van der Waals surface area (Å²) >= 11 is 0. The molecule has 2 aliphatic carbocycles. The highest BCUT2D eigenvalue weighted by Gasteiger charge is 2.49. The fourth-order valence-electron chi connectivity index (χ4n) is 3.69. The maximum atomic E-state index is 13.8. The number of carbonyl (C=O) groups is 2. The Labute approximate surface area is 139 Å². The van der Waals surface area contributed by atoms with Gasteiger partial charge in [-0.05, 0) is 36.8 Å². The third kappa shape index (κ3) is 3.14. The number of amides is 1. The molecule has 1 aromatic rings. The second-order valence-corrected chi connectivity index (χ2v) is 6.88. The number of carboxylic acid groups (broad SMARTS) is 1. The van der Waals surface area contributed by atoms with Crippen LogP contribution in [0.1, 0.15) is 56.4 Å². The lowest BCUT2D eigenvalue weighted by Crippen LogP contribution is -2.54. The standard InChI is InChI=1S/C18H21F2NO3/c19-14-7-5-6-11(15(14)20)12-10-13(12)16(22)21-18(17(23)24)8-3-1-2-4-9-18/h5-7,12-13H,1-4,8-10H2,(H,21,22)(H,23,24). The van der Waals surface area contributed by atoms with Crippen molar-refractivity contribution in [3.63, 3.8) is 0 Å². The normalized spacial score (nSPS) is 25.6. The van der Waals surface area contributed by atoms with Crippen LogP contribution in [0.4, 0.5) is 8.78 Å². The Balaban J connectivity index is 1.71. The van der Waals surface area contributed by atoms with Crippen molar-refractivity contribution in [2.45, 2.75) is 56.4 Å². The van der Waals surface area contributed by atoms with Gasteiger partial charge in [-0.1, -0.05) is 37.8 Å². The molecule has 0 heterocycles. The monoisotopic (exact) mass is 337 g/mol. The zero-order chi connectivity index (χ0) is 17.3. The van der Waals surface area contributed by atoms with Crippen molar-refractivity contribution in [2.24, 2.45) is 5.92 Å². The van der Waals surface area contributed by atoms with Gasteiger partial charge in [0, 0.05) is 5.92 Å². The van der Waals surface area contributed by atoms with Crippen molar-refractivity contribution in [2.75, 3.05) is 0 Å².